The van der Waals surface area contributed by atoms with Crippen LogP contribution in [0, 0.1) is 6.92 Å². The number of hydrogen-bond donors (Lipinski definition) is 0. The van der Waals surface area contributed by atoms with Gasteiger partial charge in [0.25, 0.3) is 5.91 Å². The lowest BCUT2D eigenvalue weighted by molar-refractivity contribution is 0.0744. The summed E-state index contributed by atoms with van der Waals surface area (Å²) in [7, 11) is 1.85. The molecule has 19 heavy (non-hydrogen) atoms. The first-order valence-corrected chi connectivity index (χ1v) is 7.74. The summed E-state index contributed by atoms with van der Waals surface area (Å²) in [5.41, 5.74) is 1.80. The number of carbonyl (C=O) groups is 1. The summed E-state index contributed by atoms with van der Waals surface area (Å²) in [4.78, 5) is 15.5. The molecular weight excluding hydrogens is 322 g/mol. The molecule has 0 aliphatic carbocycles. The summed E-state index contributed by atoms with van der Waals surface area (Å²) >= 11 is 5.13. The van der Waals surface area contributed by atoms with Gasteiger partial charge in [0.2, 0.25) is 0 Å². The number of thiophene rings is 1. The SMILES string of the molecule is Cc1ccc(Br)c(C(=O)N(C)C(C)c2cccs2)c1. The third-order valence-corrected chi connectivity index (χ3v) is 4.94. The highest BCUT2D eigenvalue weighted by molar-refractivity contribution is 9.10. The first-order valence-electron chi connectivity index (χ1n) is 6.07. The normalized spacial score (nSPS) is 12.2. The molecule has 0 N–H and O–H groups in total. The molecule has 1 aromatic carbocycles. The van der Waals surface area contributed by atoms with Crippen molar-refractivity contribution in [2.24, 2.45) is 0 Å². The molecule has 2 rings (SSSR count). The second kappa shape index (κ2) is 5.88. The third kappa shape index (κ3) is 3.07. The van der Waals surface area contributed by atoms with Gasteiger partial charge in [-0.05, 0) is 53.4 Å². The Labute approximate surface area is 126 Å². The molecule has 2 aromatic rings. The number of halogens is 1. The van der Waals surface area contributed by atoms with E-state index in [2.05, 4.69) is 22.0 Å². The molecular formula is C15H16BrNOS. The number of carbonyl (C=O) groups excluding carboxylic acids is 1. The summed E-state index contributed by atoms with van der Waals surface area (Å²) < 4.78 is 0.841. The summed E-state index contributed by atoms with van der Waals surface area (Å²) in [6.07, 6.45) is 0. The molecule has 1 atom stereocenters. The molecule has 1 unspecified atom stereocenters. The molecule has 0 spiro atoms. The molecule has 2 nitrogen and oxygen atoms in total. The predicted molar refractivity (Wildman–Crippen MR) is 83.7 cm³/mol. The van der Waals surface area contributed by atoms with Gasteiger partial charge in [0.1, 0.15) is 0 Å². The standard InChI is InChI=1S/C15H16BrNOS/c1-10-6-7-13(16)12(9-10)15(18)17(3)11(2)14-5-4-8-19-14/h4-9,11H,1-3H3. The second-order valence-corrected chi connectivity index (χ2v) is 6.42. The highest BCUT2D eigenvalue weighted by atomic mass is 79.9. The number of rotatable bonds is 3. The third-order valence-electron chi connectivity index (χ3n) is 3.21. The van der Waals surface area contributed by atoms with Crippen molar-refractivity contribution in [3.05, 3.63) is 56.2 Å². The maximum atomic E-state index is 12.6. The van der Waals surface area contributed by atoms with Crippen molar-refractivity contribution in [2.75, 3.05) is 7.05 Å². The molecule has 0 radical (unpaired) electrons. The van der Waals surface area contributed by atoms with Crippen LogP contribution in [-0.4, -0.2) is 17.9 Å². The van der Waals surface area contributed by atoms with Crippen molar-refractivity contribution >= 4 is 33.2 Å². The molecule has 0 bridgehead atoms. The summed E-state index contributed by atoms with van der Waals surface area (Å²) in [6, 6.07) is 9.99. The Bertz CT molecular complexity index is 580. The van der Waals surface area contributed by atoms with E-state index in [9.17, 15) is 4.79 Å². The Kier molecular flexibility index (Phi) is 4.42. The monoisotopic (exact) mass is 337 g/mol. The lowest BCUT2D eigenvalue weighted by Crippen LogP contribution is -2.29. The van der Waals surface area contributed by atoms with Gasteiger partial charge in [-0.3, -0.25) is 4.79 Å². The predicted octanol–water partition coefficient (Wildman–Crippen LogP) is 4.65. The minimum Gasteiger partial charge on any atom is -0.334 e. The molecule has 0 aliphatic rings. The van der Waals surface area contributed by atoms with E-state index in [4.69, 9.17) is 0 Å². The maximum absolute atomic E-state index is 12.6. The molecule has 1 aromatic heterocycles. The molecule has 100 valence electrons. The topological polar surface area (TPSA) is 20.3 Å². The van der Waals surface area contributed by atoms with Gasteiger partial charge in [-0.1, -0.05) is 17.7 Å². The highest BCUT2D eigenvalue weighted by Crippen LogP contribution is 2.27. The van der Waals surface area contributed by atoms with Crippen molar-refractivity contribution in [3.8, 4) is 0 Å². The van der Waals surface area contributed by atoms with Crippen LogP contribution in [0.15, 0.2) is 40.2 Å². The van der Waals surface area contributed by atoms with Gasteiger partial charge in [0.05, 0.1) is 11.6 Å². The van der Waals surface area contributed by atoms with Gasteiger partial charge in [0.15, 0.2) is 0 Å². The van der Waals surface area contributed by atoms with Gasteiger partial charge in [-0.25, -0.2) is 0 Å². The van der Waals surface area contributed by atoms with Gasteiger partial charge in [-0.15, -0.1) is 11.3 Å². The van der Waals surface area contributed by atoms with Crippen LogP contribution >= 0.6 is 27.3 Å². The van der Waals surface area contributed by atoms with Gasteiger partial charge in [-0.2, -0.15) is 0 Å². The van der Waals surface area contributed by atoms with E-state index in [1.165, 1.54) is 4.88 Å². The Morgan fingerprint density at radius 2 is 2.11 bits per heavy atom. The molecule has 0 saturated heterocycles. The number of amides is 1. The molecule has 4 heteroatoms. The average molecular weight is 338 g/mol. The van der Waals surface area contributed by atoms with E-state index in [1.807, 2.05) is 50.5 Å². The van der Waals surface area contributed by atoms with Crippen LogP contribution in [0.3, 0.4) is 0 Å². The van der Waals surface area contributed by atoms with Gasteiger partial charge >= 0.3 is 0 Å². The summed E-state index contributed by atoms with van der Waals surface area (Å²) in [5, 5.41) is 2.03. The van der Waals surface area contributed by atoms with Crippen LogP contribution < -0.4 is 0 Å². The van der Waals surface area contributed by atoms with Crippen molar-refractivity contribution in [1.82, 2.24) is 4.90 Å². The Morgan fingerprint density at radius 1 is 1.37 bits per heavy atom. The summed E-state index contributed by atoms with van der Waals surface area (Å²) in [5.74, 6) is 0.0384. The smallest absolute Gasteiger partial charge is 0.255 e. The quantitative estimate of drug-likeness (QED) is 0.798. The number of nitrogens with zero attached hydrogens (tertiary/aromatic N) is 1. The summed E-state index contributed by atoms with van der Waals surface area (Å²) in [6.45, 7) is 4.04. The van der Waals surface area contributed by atoms with E-state index in [0.29, 0.717) is 5.56 Å². The highest BCUT2D eigenvalue weighted by Gasteiger charge is 2.21. The fourth-order valence-electron chi connectivity index (χ4n) is 1.89. The van der Waals surface area contributed by atoms with E-state index >= 15 is 0 Å². The second-order valence-electron chi connectivity index (χ2n) is 4.59. The van der Waals surface area contributed by atoms with Crippen LogP contribution in [0.1, 0.15) is 33.8 Å². The van der Waals surface area contributed by atoms with E-state index in [1.54, 1.807) is 16.2 Å². The Morgan fingerprint density at radius 3 is 2.74 bits per heavy atom. The fraction of sp³-hybridized carbons (Fsp3) is 0.267. The first-order chi connectivity index (χ1) is 9.00. The molecule has 0 fully saturated rings. The van der Waals surface area contributed by atoms with Crippen molar-refractivity contribution in [1.29, 1.82) is 0 Å². The zero-order valence-corrected chi connectivity index (χ0v) is 13.6. The lowest BCUT2D eigenvalue weighted by atomic mass is 10.1. The number of benzene rings is 1. The van der Waals surface area contributed by atoms with Gasteiger partial charge in [0, 0.05) is 16.4 Å². The fourth-order valence-corrected chi connectivity index (χ4v) is 3.13. The lowest BCUT2D eigenvalue weighted by Gasteiger charge is -2.24. The van der Waals surface area contributed by atoms with Crippen molar-refractivity contribution < 1.29 is 4.79 Å². The largest absolute Gasteiger partial charge is 0.334 e. The zero-order valence-electron chi connectivity index (χ0n) is 11.2. The maximum Gasteiger partial charge on any atom is 0.255 e. The minimum atomic E-state index is 0.0384. The Hall–Kier alpha value is -1.13. The number of aryl methyl sites for hydroxylation is 1. The van der Waals surface area contributed by atoms with E-state index < -0.39 is 0 Å². The Balaban J connectivity index is 2.26. The van der Waals surface area contributed by atoms with E-state index in [-0.39, 0.29) is 11.9 Å². The zero-order chi connectivity index (χ0) is 14.0. The number of hydrogen-bond acceptors (Lipinski definition) is 2. The average Bonchev–Trinajstić information content (AvgIpc) is 2.93. The minimum absolute atomic E-state index is 0.0384. The van der Waals surface area contributed by atoms with Crippen LogP contribution in [0.4, 0.5) is 0 Å². The molecule has 0 saturated carbocycles. The van der Waals surface area contributed by atoms with Gasteiger partial charge < -0.3 is 4.90 Å². The van der Waals surface area contributed by atoms with Crippen molar-refractivity contribution in [3.63, 3.8) is 0 Å². The molecule has 1 heterocycles. The van der Waals surface area contributed by atoms with Crippen LogP contribution in [0.2, 0.25) is 0 Å². The van der Waals surface area contributed by atoms with Crippen LogP contribution in [0.5, 0.6) is 0 Å². The first kappa shape index (κ1) is 14.3. The van der Waals surface area contributed by atoms with Crippen molar-refractivity contribution in [2.45, 2.75) is 19.9 Å². The van der Waals surface area contributed by atoms with Crippen LogP contribution in [0.25, 0.3) is 0 Å². The molecule has 1 amide bonds. The van der Waals surface area contributed by atoms with E-state index in [0.717, 1.165) is 10.0 Å². The van der Waals surface area contributed by atoms with Crippen LogP contribution in [-0.2, 0) is 0 Å². The molecule has 0 aliphatic heterocycles.